The van der Waals surface area contributed by atoms with E-state index in [1.807, 2.05) is 12.3 Å². The Kier molecular flexibility index (Phi) is 5.88. The van der Waals surface area contributed by atoms with Crippen molar-refractivity contribution < 1.29 is 18.0 Å². The molecule has 1 N–H and O–H groups in total. The number of aromatic nitrogens is 2. The number of anilines is 1. The first-order chi connectivity index (χ1) is 13.2. The highest BCUT2D eigenvalue weighted by atomic mass is 32.1. The van der Waals surface area contributed by atoms with Gasteiger partial charge in [-0.05, 0) is 41.7 Å². The van der Waals surface area contributed by atoms with Gasteiger partial charge in [0.25, 0.3) is 5.91 Å². The molecule has 4 nitrogen and oxygen atoms in total. The average Bonchev–Trinajstić information content (AvgIpc) is 3.24. The second kappa shape index (κ2) is 8.18. The van der Waals surface area contributed by atoms with Gasteiger partial charge >= 0.3 is 6.18 Å². The summed E-state index contributed by atoms with van der Waals surface area (Å²) in [5.41, 5.74) is 1.45. The maximum atomic E-state index is 12.8. The van der Waals surface area contributed by atoms with Gasteiger partial charge in [0.2, 0.25) is 0 Å². The lowest BCUT2D eigenvalue weighted by Gasteiger charge is -2.11. The van der Waals surface area contributed by atoms with Gasteiger partial charge in [-0.3, -0.25) is 10.1 Å². The SMILES string of the molecule is CC(C)Cc1cc(C(=O)Nc2nccs2)n(Cc2ccc(C(F)(F)F)cc2)c1. The van der Waals surface area contributed by atoms with Gasteiger partial charge in [0.15, 0.2) is 5.13 Å². The lowest BCUT2D eigenvalue weighted by atomic mass is 10.1. The summed E-state index contributed by atoms with van der Waals surface area (Å²) < 4.78 is 40.0. The molecule has 0 aliphatic carbocycles. The van der Waals surface area contributed by atoms with Crippen LogP contribution in [0.2, 0.25) is 0 Å². The van der Waals surface area contributed by atoms with E-state index in [2.05, 4.69) is 24.1 Å². The number of carbonyl (C=O) groups is 1. The molecular weight excluding hydrogens is 387 g/mol. The predicted molar refractivity (Wildman–Crippen MR) is 104 cm³/mol. The smallest absolute Gasteiger partial charge is 0.339 e. The zero-order chi connectivity index (χ0) is 20.3. The van der Waals surface area contributed by atoms with E-state index in [0.717, 1.165) is 24.1 Å². The minimum atomic E-state index is -4.37. The van der Waals surface area contributed by atoms with Gasteiger partial charge in [0.05, 0.1) is 5.56 Å². The van der Waals surface area contributed by atoms with E-state index in [9.17, 15) is 18.0 Å². The van der Waals surface area contributed by atoms with E-state index >= 15 is 0 Å². The fourth-order valence-electron chi connectivity index (χ4n) is 2.92. The normalized spacial score (nSPS) is 11.8. The number of nitrogens with zero attached hydrogens (tertiary/aromatic N) is 2. The Hall–Kier alpha value is -2.61. The van der Waals surface area contributed by atoms with E-state index in [1.165, 1.54) is 23.5 Å². The molecule has 148 valence electrons. The first-order valence-electron chi connectivity index (χ1n) is 8.78. The van der Waals surface area contributed by atoms with E-state index in [-0.39, 0.29) is 5.91 Å². The summed E-state index contributed by atoms with van der Waals surface area (Å²) in [7, 11) is 0. The Balaban J connectivity index is 1.85. The second-order valence-corrected chi connectivity index (χ2v) is 7.84. The maximum Gasteiger partial charge on any atom is 0.416 e. The number of benzene rings is 1. The minimum absolute atomic E-state index is 0.295. The van der Waals surface area contributed by atoms with Crippen LogP contribution in [-0.2, 0) is 19.1 Å². The topological polar surface area (TPSA) is 46.9 Å². The molecule has 2 heterocycles. The van der Waals surface area contributed by atoms with Crippen LogP contribution in [0.25, 0.3) is 0 Å². The van der Waals surface area contributed by atoms with E-state index in [1.54, 1.807) is 16.1 Å². The Bertz CT molecular complexity index is 929. The molecule has 0 saturated carbocycles. The number of amides is 1. The Morgan fingerprint density at radius 2 is 1.93 bits per heavy atom. The minimum Gasteiger partial charge on any atom is -0.339 e. The number of hydrogen-bond donors (Lipinski definition) is 1. The van der Waals surface area contributed by atoms with Gasteiger partial charge in [-0.15, -0.1) is 11.3 Å². The molecule has 0 radical (unpaired) electrons. The second-order valence-electron chi connectivity index (χ2n) is 6.95. The number of carbonyl (C=O) groups excluding carboxylic acids is 1. The van der Waals surface area contributed by atoms with Crippen LogP contribution in [0.5, 0.6) is 0 Å². The highest BCUT2D eigenvalue weighted by Gasteiger charge is 2.30. The summed E-state index contributed by atoms with van der Waals surface area (Å²) in [6.07, 6.45) is -0.0765. The third kappa shape index (κ3) is 5.01. The largest absolute Gasteiger partial charge is 0.416 e. The van der Waals surface area contributed by atoms with Gasteiger partial charge in [-0.1, -0.05) is 26.0 Å². The van der Waals surface area contributed by atoms with Crippen LogP contribution in [0.15, 0.2) is 48.1 Å². The van der Waals surface area contributed by atoms with Crippen LogP contribution in [0.4, 0.5) is 18.3 Å². The molecule has 2 aromatic heterocycles. The van der Waals surface area contributed by atoms with Gasteiger partial charge in [0.1, 0.15) is 5.69 Å². The molecule has 0 saturated heterocycles. The highest BCUT2D eigenvalue weighted by Crippen LogP contribution is 2.29. The van der Waals surface area contributed by atoms with Gasteiger partial charge in [-0.25, -0.2) is 4.98 Å². The first-order valence-corrected chi connectivity index (χ1v) is 9.66. The number of halogens is 3. The fourth-order valence-corrected chi connectivity index (χ4v) is 3.44. The van der Waals surface area contributed by atoms with Crippen LogP contribution < -0.4 is 5.32 Å². The highest BCUT2D eigenvalue weighted by molar-refractivity contribution is 7.13. The molecule has 0 atom stereocenters. The summed E-state index contributed by atoms with van der Waals surface area (Å²) in [6, 6.07) is 6.82. The van der Waals surface area contributed by atoms with Crippen LogP contribution >= 0.6 is 11.3 Å². The molecule has 0 spiro atoms. The van der Waals surface area contributed by atoms with Gasteiger partial charge in [0, 0.05) is 24.3 Å². The zero-order valence-corrected chi connectivity index (χ0v) is 16.3. The third-order valence-electron chi connectivity index (χ3n) is 4.12. The fraction of sp³-hybridized carbons (Fsp3) is 0.300. The van der Waals surface area contributed by atoms with Crippen molar-refractivity contribution in [3.63, 3.8) is 0 Å². The van der Waals surface area contributed by atoms with Crippen molar-refractivity contribution in [2.45, 2.75) is 33.0 Å². The van der Waals surface area contributed by atoms with E-state index in [4.69, 9.17) is 0 Å². The number of hydrogen-bond acceptors (Lipinski definition) is 3. The van der Waals surface area contributed by atoms with Crippen molar-refractivity contribution in [2.24, 2.45) is 5.92 Å². The molecule has 0 aliphatic heterocycles. The van der Waals surface area contributed by atoms with Crippen molar-refractivity contribution in [2.75, 3.05) is 5.32 Å². The Morgan fingerprint density at radius 3 is 2.50 bits per heavy atom. The van der Waals surface area contributed by atoms with Crippen LogP contribution in [0.3, 0.4) is 0 Å². The molecule has 0 bridgehead atoms. The van der Waals surface area contributed by atoms with Gasteiger partial charge in [-0.2, -0.15) is 13.2 Å². The Morgan fingerprint density at radius 1 is 1.21 bits per heavy atom. The quantitative estimate of drug-likeness (QED) is 0.590. The maximum absolute atomic E-state index is 12.8. The van der Waals surface area contributed by atoms with Crippen molar-refractivity contribution in [3.8, 4) is 0 Å². The molecule has 3 aromatic rings. The van der Waals surface area contributed by atoms with Crippen LogP contribution in [0.1, 0.15) is 41.0 Å². The van der Waals surface area contributed by atoms with Crippen molar-refractivity contribution in [3.05, 3.63) is 70.5 Å². The van der Waals surface area contributed by atoms with E-state index in [0.29, 0.717) is 28.9 Å². The monoisotopic (exact) mass is 407 g/mol. The van der Waals surface area contributed by atoms with Crippen molar-refractivity contribution in [1.82, 2.24) is 9.55 Å². The standard InChI is InChI=1S/C20H20F3N3OS/c1-13(2)9-15-10-17(18(27)25-19-24-7-8-28-19)26(12-15)11-14-3-5-16(6-4-14)20(21,22)23/h3-8,10,12-13H,9,11H2,1-2H3,(H,24,25,27). The third-order valence-corrected chi connectivity index (χ3v) is 4.81. The number of thiazole rings is 1. The summed E-state index contributed by atoms with van der Waals surface area (Å²) in [5.74, 6) is 0.119. The van der Waals surface area contributed by atoms with Gasteiger partial charge < -0.3 is 4.57 Å². The lowest BCUT2D eigenvalue weighted by molar-refractivity contribution is -0.137. The summed E-state index contributed by atoms with van der Waals surface area (Å²) in [6.45, 7) is 4.47. The molecule has 0 fully saturated rings. The summed E-state index contributed by atoms with van der Waals surface area (Å²) in [4.78, 5) is 16.7. The summed E-state index contributed by atoms with van der Waals surface area (Å²) >= 11 is 1.32. The summed E-state index contributed by atoms with van der Waals surface area (Å²) in [5, 5.41) is 5.02. The molecule has 0 aliphatic rings. The predicted octanol–water partition coefficient (Wildman–Crippen LogP) is 5.46. The first kappa shape index (κ1) is 20.1. The molecule has 28 heavy (non-hydrogen) atoms. The molecule has 1 amide bonds. The van der Waals surface area contributed by atoms with Crippen LogP contribution in [-0.4, -0.2) is 15.5 Å². The molecular formula is C20H20F3N3OS. The zero-order valence-electron chi connectivity index (χ0n) is 15.5. The van der Waals surface area contributed by atoms with E-state index < -0.39 is 11.7 Å². The van der Waals surface area contributed by atoms with Crippen molar-refractivity contribution >= 4 is 22.4 Å². The number of rotatable bonds is 6. The van der Waals surface area contributed by atoms with Crippen molar-refractivity contribution in [1.29, 1.82) is 0 Å². The lowest BCUT2D eigenvalue weighted by Crippen LogP contribution is -2.17. The number of nitrogens with one attached hydrogen (secondary N) is 1. The molecule has 0 unspecified atom stereocenters. The Labute approximate surface area is 165 Å². The molecule has 8 heteroatoms. The molecule has 1 aromatic carbocycles. The molecule has 3 rings (SSSR count). The number of alkyl halides is 3. The van der Waals surface area contributed by atoms with Crippen LogP contribution in [0, 0.1) is 5.92 Å². The average molecular weight is 407 g/mol.